The van der Waals surface area contributed by atoms with Crippen LogP contribution in [0, 0.1) is 6.92 Å². The molecule has 0 saturated carbocycles. The summed E-state index contributed by atoms with van der Waals surface area (Å²) < 4.78 is 40.8. The van der Waals surface area contributed by atoms with E-state index in [0.717, 1.165) is 49.6 Å². The average molecular weight is 423 g/mol. The fraction of sp³-hybridized carbons (Fsp3) is 0.450. The van der Waals surface area contributed by atoms with E-state index >= 15 is 0 Å². The first-order valence-electron chi connectivity index (χ1n) is 9.79. The van der Waals surface area contributed by atoms with Gasteiger partial charge in [-0.3, -0.25) is 4.79 Å². The van der Waals surface area contributed by atoms with Crippen molar-refractivity contribution in [2.24, 2.45) is 0 Å². The molecule has 10 heteroatoms. The molecule has 1 aromatic heterocycles. The highest BCUT2D eigenvalue weighted by atomic mass is 19.4. The number of ether oxygens (including phenoxy) is 1. The first-order valence-corrected chi connectivity index (χ1v) is 9.79. The van der Waals surface area contributed by atoms with E-state index in [4.69, 9.17) is 0 Å². The van der Waals surface area contributed by atoms with Gasteiger partial charge in [-0.05, 0) is 44.4 Å². The van der Waals surface area contributed by atoms with Crippen LogP contribution in [-0.2, 0) is 0 Å². The lowest BCUT2D eigenvalue weighted by Gasteiger charge is -2.28. The zero-order valence-corrected chi connectivity index (χ0v) is 16.6. The summed E-state index contributed by atoms with van der Waals surface area (Å²) in [6, 6.07) is 6.89. The van der Waals surface area contributed by atoms with Crippen LogP contribution in [0.1, 0.15) is 35.3 Å². The minimum Gasteiger partial charge on any atom is -0.406 e. The maximum absolute atomic E-state index is 12.3. The van der Waals surface area contributed by atoms with Crippen molar-refractivity contribution in [2.75, 3.05) is 36.4 Å². The molecule has 1 aliphatic rings. The first-order chi connectivity index (χ1) is 14.3. The van der Waals surface area contributed by atoms with E-state index < -0.39 is 18.0 Å². The third-order valence-corrected chi connectivity index (χ3v) is 4.54. The van der Waals surface area contributed by atoms with E-state index in [-0.39, 0.29) is 12.1 Å². The van der Waals surface area contributed by atoms with Crippen molar-refractivity contribution in [2.45, 2.75) is 32.5 Å². The van der Waals surface area contributed by atoms with Crippen molar-refractivity contribution in [1.29, 1.82) is 0 Å². The molecule has 162 valence electrons. The number of anilines is 2. The van der Waals surface area contributed by atoms with E-state index in [9.17, 15) is 18.0 Å². The van der Waals surface area contributed by atoms with Crippen molar-refractivity contribution in [1.82, 2.24) is 15.3 Å². The molecule has 1 amide bonds. The number of carbonyl (C=O) groups excluding carboxylic acids is 1. The standard InChI is InChI=1S/C20H24F3N5O2/c1-14-12-17(28-10-3-2-4-11-28)27-19(26-14)25-9-8-24-18(29)15-6-5-7-16(13-15)30-20(21,22)23/h5-7,12-13H,2-4,8-11H2,1H3,(H,24,29)(H,25,26,27). The Hall–Kier alpha value is -3.04. The van der Waals surface area contributed by atoms with Crippen LogP contribution in [0.4, 0.5) is 24.9 Å². The van der Waals surface area contributed by atoms with Crippen LogP contribution in [0.5, 0.6) is 5.75 Å². The van der Waals surface area contributed by atoms with Crippen LogP contribution in [0.2, 0.25) is 0 Å². The summed E-state index contributed by atoms with van der Waals surface area (Å²) >= 11 is 0. The SMILES string of the molecule is Cc1cc(N2CCCCC2)nc(NCCNC(=O)c2cccc(OC(F)(F)F)c2)n1. The highest BCUT2D eigenvalue weighted by Gasteiger charge is 2.31. The molecule has 0 atom stereocenters. The molecule has 1 aliphatic heterocycles. The molecule has 7 nitrogen and oxygen atoms in total. The molecular weight excluding hydrogens is 399 g/mol. The molecule has 0 radical (unpaired) electrons. The highest BCUT2D eigenvalue weighted by Crippen LogP contribution is 2.23. The average Bonchev–Trinajstić information content (AvgIpc) is 2.70. The third-order valence-electron chi connectivity index (χ3n) is 4.54. The first kappa shape index (κ1) is 21.7. The van der Waals surface area contributed by atoms with Gasteiger partial charge in [-0.25, -0.2) is 4.98 Å². The number of carbonyl (C=O) groups is 1. The summed E-state index contributed by atoms with van der Waals surface area (Å²) in [5, 5.41) is 5.72. The Bertz CT molecular complexity index is 870. The van der Waals surface area contributed by atoms with E-state index in [1.165, 1.54) is 18.6 Å². The predicted octanol–water partition coefficient (Wildman–Crippen LogP) is 3.52. The number of hydrogen-bond acceptors (Lipinski definition) is 6. The quantitative estimate of drug-likeness (QED) is 0.664. The van der Waals surface area contributed by atoms with Gasteiger partial charge in [-0.2, -0.15) is 4.98 Å². The van der Waals surface area contributed by atoms with Crippen LogP contribution in [0.3, 0.4) is 0 Å². The summed E-state index contributed by atoms with van der Waals surface area (Å²) in [6.07, 6.45) is -1.28. The number of amides is 1. The Kier molecular flexibility index (Phi) is 6.96. The number of rotatable bonds is 7. The number of benzene rings is 1. The lowest BCUT2D eigenvalue weighted by Crippen LogP contribution is -2.31. The summed E-state index contributed by atoms with van der Waals surface area (Å²) in [5.41, 5.74) is 0.925. The topological polar surface area (TPSA) is 79.4 Å². The lowest BCUT2D eigenvalue weighted by molar-refractivity contribution is -0.274. The number of halogens is 3. The van der Waals surface area contributed by atoms with E-state index in [1.807, 2.05) is 13.0 Å². The molecule has 2 N–H and O–H groups in total. The summed E-state index contributed by atoms with van der Waals surface area (Å²) in [6.45, 7) is 4.47. The molecule has 2 heterocycles. The minimum absolute atomic E-state index is 0.0796. The number of nitrogens with one attached hydrogen (secondary N) is 2. The molecule has 0 unspecified atom stereocenters. The number of alkyl halides is 3. The minimum atomic E-state index is -4.81. The molecule has 0 spiro atoms. The molecule has 3 rings (SSSR count). The van der Waals surface area contributed by atoms with Crippen molar-refractivity contribution in [3.05, 3.63) is 41.6 Å². The molecular formula is C20H24F3N5O2. The zero-order valence-electron chi connectivity index (χ0n) is 16.6. The molecule has 2 aromatic rings. The van der Waals surface area contributed by atoms with Gasteiger partial charge in [0.25, 0.3) is 5.91 Å². The van der Waals surface area contributed by atoms with Gasteiger partial charge in [0.1, 0.15) is 11.6 Å². The molecule has 0 bridgehead atoms. The molecule has 0 aliphatic carbocycles. The summed E-state index contributed by atoms with van der Waals surface area (Å²) in [4.78, 5) is 23.3. The molecule has 1 aromatic carbocycles. The number of nitrogens with zero attached hydrogens (tertiary/aromatic N) is 3. The maximum Gasteiger partial charge on any atom is 0.573 e. The van der Waals surface area contributed by atoms with Crippen LogP contribution >= 0.6 is 0 Å². The van der Waals surface area contributed by atoms with Gasteiger partial charge < -0.3 is 20.3 Å². The zero-order chi connectivity index (χ0) is 21.6. The van der Waals surface area contributed by atoms with Crippen LogP contribution in [-0.4, -0.2) is 48.4 Å². The van der Waals surface area contributed by atoms with Gasteiger partial charge in [0.15, 0.2) is 0 Å². The van der Waals surface area contributed by atoms with Gasteiger partial charge in [-0.1, -0.05) is 6.07 Å². The van der Waals surface area contributed by atoms with E-state index in [0.29, 0.717) is 12.5 Å². The van der Waals surface area contributed by atoms with Gasteiger partial charge in [0.2, 0.25) is 5.95 Å². The lowest BCUT2D eigenvalue weighted by atomic mass is 10.1. The van der Waals surface area contributed by atoms with Crippen LogP contribution in [0.25, 0.3) is 0 Å². The Morgan fingerprint density at radius 2 is 1.90 bits per heavy atom. The Labute approximate surface area is 172 Å². The van der Waals surface area contributed by atoms with E-state index in [2.05, 4.69) is 30.2 Å². The van der Waals surface area contributed by atoms with E-state index in [1.54, 1.807) is 0 Å². The Morgan fingerprint density at radius 3 is 2.63 bits per heavy atom. The molecule has 30 heavy (non-hydrogen) atoms. The Balaban J connectivity index is 1.51. The fourth-order valence-corrected chi connectivity index (χ4v) is 3.20. The fourth-order valence-electron chi connectivity index (χ4n) is 3.20. The third kappa shape index (κ3) is 6.50. The van der Waals surface area contributed by atoms with Gasteiger partial charge >= 0.3 is 6.36 Å². The summed E-state index contributed by atoms with van der Waals surface area (Å²) in [5.74, 6) is 0.427. The van der Waals surface area contributed by atoms with Gasteiger partial charge in [-0.15, -0.1) is 13.2 Å². The van der Waals surface area contributed by atoms with Crippen molar-refractivity contribution < 1.29 is 22.7 Å². The Morgan fingerprint density at radius 1 is 1.13 bits per heavy atom. The largest absolute Gasteiger partial charge is 0.573 e. The van der Waals surface area contributed by atoms with Crippen molar-refractivity contribution >= 4 is 17.7 Å². The second-order valence-electron chi connectivity index (χ2n) is 7.00. The number of aryl methyl sites for hydroxylation is 1. The highest BCUT2D eigenvalue weighted by molar-refractivity contribution is 5.94. The summed E-state index contributed by atoms with van der Waals surface area (Å²) in [7, 11) is 0. The maximum atomic E-state index is 12.3. The number of aromatic nitrogens is 2. The number of hydrogen-bond donors (Lipinski definition) is 2. The second kappa shape index (κ2) is 9.64. The van der Waals surface area contributed by atoms with Gasteiger partial charge in [0, 0.05) is 43.5 Å². The van der Waals surface area contributed by atoms with Gasteiger partial charge in [0.05, 0.1) is 0 Å². The normalized spacial score (nSPS) is 14.3. The second-order valence-corrected chi connectivity index (χ2v) is 7.00. The van der Waals surface area contributed by atoms with Crippen LogP contribution in [0.15, 0.2) is 30.3 Å². The predicted molar refractivity (Wildman–Crippen MR) is 107 cm³/mol. The molecule has 1 fully saturated rings. The van der Waals surface area contributed by atoms with Crippen LogP contribution < -0.4 is 20.3 Å². The van der Waals surface area contributed by atoms with Crippen molar-refractivity contribution in [3.8, 4) is 5.75 Å². The smallest absolute Gasteiger partial charge is 0.406 e. The van der Waals surface area contributed by atoms with Crippen molar-refractivity contribution in [3.63, 3.8) is 0 Å². The number of piperidine rings is 1. The monoisotopic (exact) mass is 423 g/mol. The molecule has 1 saturated heterocycles.